The van der Waals surface area contributed by atoms with E-state index in [2.05, 4.69) is 55.9 Å². The summed E-state index contributed by atoms with van der Waals surface area (Å²) in [6, 6.07) is 16.2. The number of esters is 1. The highest BCUT2D eigenvalue weighted by Gasteiger charge is 2.29. The molecule has 0 saturated heterocycles. The topological polar surface area (TPSA) is 76.7 Å². The third-order valence-corrected chi connectivity index (χ3v) is 7.91. The Labute approximate surface area is 249 Å². The molecule has 0 unspecified atom stereocenters. The van der Waals surface area contributed by atoms with E-state index in [1.165, 1.54) is 16.6 Å². The smallest absolute Gasteiger partial charge is 0.347 e. The summed E-state index contributed by atoms with van der Waals surface area (Å²) in [5.41, 5.74) is 7.61. The molecule has 5 rings (SSSR count). The normalized spacial score (nSPS) is 13.2. The van der Waals surface area contributed by atoms with Gasteiger partial charge in [-0.25, -0.2) is 9.78 Å². The first-order valence-corrected chi connectivity index (χ1v) is 15.4. The minimum atomic E-state index is -0.484. The van der Waals surface area contributed by atoms with E-state index in [1.807, 2.05) is 30.3 Å². The van der Waals surface area contributed by atoms with Crippen LogP contribution in [-0.2, 0) is 30.7 Å². The number of carbonyl (C=O) groups is 1. The van der Waals surface area contributed by atoms with Gasteiger partial charge in [0, 0.05) is 40.8 Å². The average molecular weight is 570 g/mol. The number of nitrogens with one attached hydrogen (secondary N) is 1. The number of aromatic nitrogens is 2. The predicted octanol–water partition coefficient (Wildman–Crippen LogP) is 7.50. The largest absolute Gasteiger partial charge is 0.492 e. The maximum absolute atomic E-state index is 13.7. The van der Waals surface area contributed by atoms with Gasteiger partial charge in [-0.2, -0.15) is 0 Å². The monoisotopic (exact) mass is 569 g/mol. The molecule has 222 valence electrons. The van der Waals surface area contributed by atoms with E-state index in [0.717, 1.165) is 73.1 Å². The highest BCUT2D eigenvalue weighted by Crippen LogP contribution is 2.40. The molecule has 2 aromatic carbocycles. The molecule has 1 N–H and O–H groups in total. The van der Waals surface area contributed by atoms with Crippen molar-refractivity contribution in [1.82, 2.24) is 14.9 Å². The van der Waals surface area contributed by atoms with Crippen molar-refractivity contribution in [3.8, 4) is 22.9 Å². The summed E-state index contributed by atoms with van der Waals surface area (Å²) in [6.07, 6.45) is 5.36. The fourth-order valence-corrected chi connectivity index (χ4v) is 5.55. The molecule has 2 aromatic heterocycles. The van der Waals surface area contributed by atoms with Gasteiger partial charge in [-0.1, -0.05) is 76.1 Å². The summed E-state index contributed by atoms with van der Waals surface area (Å²) in [7, 11) is 2.16. The molecule has 1 aliphatic rings. The maximum atomic E-state index is 13.7. The molecular weight excluding hydrogens is 526 g/mol. The van der Waals surface area contributed by atoms with Gasteiger partial charge in [0.2, 0.25) is 5.88 Å². The number of rotatable bonds is 13. The van der Waals surface area contributed by atoms with Gasteiger partial charge in [0.15, 0.2) is 5.56 Å². The van der Waals surface area contributed by atoms with Crippen molar-refractivity contribution in [3.05, 3.63) is 76.5 Å². The summed E-state index contributed by atoms with van der Waals surface area (Å²) in [4.78, 5) is 24.8. The van der Waals surface area contributed by atoms with Crippen LogP contribution in [0.1, 0.15) is 79.2 Å². The van der Waals surface area contributed by atoms with Crippen LogP contribution in [0.25, 0.3) is 22.2 Å². The minimum absolute atomic E-state index is 0.162. The Morgan fingerprint density at radius 1 is 1.00 bits per heavy atom. The number of fused-ring (bicyclic) bond motifs is 3. The number of ether oxygens (including phenoxy) is 3. The number of unbranched alkanes of at least 4 members (excludes halogenated alkanes) is 2. The molecule has 7 heteroatoms. The Hall–Kier alpha value is -3.84. The van der Waals surface area contributed by atoms with E-state index in [9.17, 15) is 4.79 Å². The van der Waals surface area contributed by atoms with E-state index in [0.29, 0.717) is 25.4 Å². The Kier molecular flexibility index (Phi) is 9.80. The zero-order chi connectivity index (χ0) is 29.5. The number of nitrogens with zero attached hydrogens (tertiary/aromatic N) is 2. The lowest BCUT2D eigenvalue weighted by atomic mass is 9.98. The molecule has 0 atom stereocenters. The third kappa shape index (κ3) is 6.46. The first-order valence-electron chi connectivity index (χ1n) is 15.4. The third-order valence-electron chi connectivity index (χ3n) is 7.91. The lowest BCUT2D eigenvalue weighted by molar-refractivity contribution is 0.0461. The summed E-state index contributed by atoms with van der Waals surface area (Å²) in [5, 5.41) is 1.26. The van der Waals surface area contributed by atoms with Crippen molar-refractivity contribution in [2.45, 2.75) is 72.4 Å². The highest BCUT2D eigenvalue weighted by molar-refractivity contribution is 5.97. The summed E-state index contributed by atoms with van der Waals surface area (Å²) in [5.74, 6) is 0.308. The van der Waals surface area contributed by atoms with Crippen molar-refractivity contribution in [1.29, 1.82) is 0 Å². The van der Waals surface area contributed by atoms with Gasteiger partial charge in [-0.3, -0.25) is 0 Å². The average Bonchev–Trinajstić information content (AvgIpc) is 3.37. The van der Waals surface area contributed by atoms with E-state index in [1.54, 1.807) is 0 Å². The van der Waals surface area contributed by atoms with Gasteiger partial charge < -0.3 is 24.1 Å². The fraction of sp³-hybridized carbons (Fsp3) is 0.429. The van der Waals surface area contributed by atoms with Crippen LogP contribution < -0.4 is 9.47 Å². The van der Waals surface area contributed by atoms with Crippen LogP contribution in [0.5, 0.6) is 11.6 Å². The molecule has 0 radical (unpaired) electrons. The number of benzene rings is 2. The summed E-state index contributed by atoms with van der Waals surface area (Å²) >= 11 is 0. The van der Waals surface area contributed by atoms with Crippen molar-refractivity contribution < 1.29 is 19.0 Å². The molecule has 0 aliphatic carbocycles. The van der Waals surface area contributed by atoms with Gasteiger partial charge in [0.05, 0.1) is 18.9 Å². The molecule has 4 aromatic rings. The number of hydrogen-bond donors (Lipinski definition) is 1. The highest BCUT2D eigenvalue weighted by atomic mass is 16.5. The fourth-order valence-electron chi connectivity index (χ4n) is 5.55. The maximum Gasteiger partial charge on any atom is 0.347 e. The number of pyridine rings is 1. The van der Waals surface area contributed by atoms with Crippen molar-refractivity contribution in [3.63, 3.8) is 0 Å². The molecule has 0 amide bonds. The van der Waals surface area contributed by atoms with E-state index in [-0.39, 0.29) is 18.1 Å². The molecule has 1 aliphatic heterocycles. The van der Waals surface area contributed by atoms with Crippen molar-refractivity contribution in [2.75, 3.05) is 26.8 Å². The zero-order valence-corrected chi connectivity index (χ0v) is 25.4. The Morgan fingerprint density at radius 2 is 1.76 bits per heavy atom. The number of hydrogen-bond acceptors (Lipinski definition) is 6. The molecular formula is C35H43N3O4. The van der Waals surface area contributed by atoms with Crippen molar-refractivity contribution >= 4 is 16.9 Å². The van der Waals surface area contributed by atoms with E-state index < -0.39 is 5.97 Å². The second kappa shape index (κ2) is 13.9. The lowest BCUT2D eigenvalue weighted by Gasteiger charge is -2.22. The quantitative estimate of drug-likeness (QED) is 0.133. The number of likely N-dealkylation sites (N-methyl/N-ethyl adjacent to an activating group) is 1. The van der Waals surface area contributed by atoms with Gasteiger partial charge >= 0.3 is 5.97 Å². The molecule has 0 fully saturated rings. The van der Waals surface area contributed by atoms with Crippen LogP contribution in [0.15, 0.2) is 48.5 Å². The Morgan fingerprint density at radius 3 is 2.50 bits per heavy atom. The standard InChI is InChI=1S/C35H43N3O4/c1-5-8-19-40-33-26(7-3)32(25-15-16-27-28-17-18-38(4)22-30(28)36-29(27)21-25)37-34(41-20-9-6-2)31(33)35(39)42-23-24-13-11-10-12-14-24/h10-16,21,36H,5-9,17-20,22-23H2,1-4H3. The van der Waals surface area contributed by atoms with E-state index in [4.69, 9.17) is 19.2 Å². The van der Waals surface area contributed by atoms with Crippen LogP contribution in [0.3, 0.4) is 0 Å². The van der Waals surface area contributed by atoms with Crippen LogP contribution in [0.4, 0.5) is 0 Å². The zero-order valence-electron chi connectivity index (χ0n) is 25.4. The lowest BCUT2D eigenvalue weighted by Crippen LogP contribution is -2.26. The SMILES string of the molecule is CCCCOc1nc(-c2ccc3c4c([nH]c3c2)CN(C)CC4)c(CC)c(OCCCC)c1C(=O)OCc1ccccc1. The summed E-state index contributed by atoms with van der Waals surface area (Å²) in [6.45, 7) is 9.40. The number of aromatic amines is 1. The van der Waals surface area contributed by atoms with Crippen LogP contribution in [-0.4, -0.2) is 47.6 Å². The molecule has 0 saturated carbocycles. The molecule has 3 heterocycles. The van der Waals surface area contributed by atoms with Gasteiger partial charge in [0.25, 0.3) is 0 Å². The van der Waals surface area contributed by atoms with Crippen molar-refractivity contribution in [2.24, 2.45) is 0 Å². The number of carbonyl (C=O) groups excluding carboxylic acids is 1. The summed E-state index contributed by atoms with van der Waals surface area (Å²) < 4.78 is 18.5. The molecule has 42 heavy (non-hydrogen) atoms. The van der Waals surface area contributed by atoms with Crippen LogP contribution >= 0.6 is 0 Å². The Bertz CT molecular complexity index is 1510. The van der Waals surface area contributed by atoms with Crippen LogP contribution in [0, 0.1) is 0 Å². The van der Waals surface area contributed by atoms with E-state index >= 15 is 0 Å². The molecule has 0 spiro atoms. The predicted molar refractivity (Wildman–Crippen MR) is 167 cm³/mol. The second-order valence-electron chi connectivity index (χ2n) is 11.1. The first kappa shape index (κ1) is 29.6. The van der Waals surface area contributed by atoms with Gasteiger partial charge in [-0.05, 0) is 49.9 Å². The Balaban J connectivity index is 1.60. The van der Waals surface area contributed by atoms with Gasteiger partial charge in [-0.15, -0.1) is 0 Å². The van der Waals surface area contributed by atoms with Gasteiger partial charge in [0.1, 0.15) is 12.4 Å². The minimum Gasteiger partial charge on any atom is -0.492 e. The molecule has 7 nitrogen and oxygen atoms in total. The molecule has 0 bridgehead atoms. The first-order chi connectivity index (χ1) is 20.5. The van der Waals surface area contributed by atoms with Crippen LogP contribution in [0.2, 0.25) is 0 Å². The second-order valence-corrected chi connectivity index (χ2v) is 11.1. The number of H-pyrrole nitrogens is 1.